The molecule has 6 nitrogen and oxygen atoms in total. The molecule has 0 saturated carbocycles. The van der Waals surface area contributed by atoms with E-state index >= 15 is 0 Å². The number of hydrogen-bond donors (Lipinski definition) is 2. The maximum atomic E-state index is 12.6. The van der Waals surface area contributed by atoms with Gasteiger partial charge in [-0.1, -0.05) is 49.0 Å². The van der Waals surface area contributed by atoms with Crippen LogP contribution in [0.5, 0.6) is 0 Å². The summed E-state index contributed by atoms with van der Waals surface area (Å²) in [5.41, 5.74) is -0.787. The first-order valence-electron chi connectivity index (χ1n) is 7.69. The predicted octanol–water partition coefficient (Wildman–Crippen LogP) is 1.48. The third-order valence-electron chi connectivity index (χ3n) is 4.18. The molecule has 1 unspecified atom stereocenters. The van der Waals surface area contributed by atoms with Crippen molar-refractivity contribution in [3.05, 3.63) is 35.9 Å². The molecule has 0 aromatic heterocycles. The molecule has 1 aromatic rings. The number of hydrogen-bond acceptors (Lipinski definition) is 5. The topological polar surface area (TPSA) is 94.9 Å². The van der Waals surface area contributed by atoms with Crippen molar-refractivity contribution in [2.45, 2.75) is 31.9 Å². The highest BCUT2D eigenvalue weighted by Gasteiger charge is 2.49. The number of carboxylic acids is 1. The van der Waals surface area contributed by atoms with E-state index in [4.69, 9.17) is 0 Å². The van der Waals surface area contributed by atoms with Crippen molar-refractivity contribution in [3.63, 3.8) is 0 Å². The molecule has 3 atom stereocenters. The van der Waals surface area contributed by atoms with Crippen LogP contribution in [0, 0.1) is 5.92 Å². The van der Waals surface area contributed by atoms with Crippen LogP contribution in [0.25, 0.3) is 0 Å². The third kappa shape index (κ3) is 3.96. The molecular weight excluding hydrogens is 330 g/mol. The zero-order valence-electron chi connectivity index (χ0n) is 13.6. The monoisotopic (exact) mass is 351 g/mol. The fraction of sp³-hybridized carbons (Fsp3) is 0.471. The number of carbonyl (C=O) groups is 3. The summed E-state index contributed by atoms with van der Waals surface area (Å²) in [6.07, 6.45) is -0.0509. The lowest BCUT2D eigenvalue weighted by atomic mass is 9.91. The Balaban J connectivity index is 2.20. The van der Waals surface area contributed by atoms with Gasteiger partial charge in [-0.3, -0.25) is 9.59 Å². The van der Waals surface area contributed by atoms with Gasteiger partial charge in [-0.15, -0.1) is 0 Å². The molecule has 1 saturated heterocycles. The molecule has 24 heavy (non-hydrogen) atoms. The lowest BCUT2D eigenvalue weighted by molar-refractivity contribution is -0.149. The summed E-state index contributed by atoms with van der Waals surface area (Å²) in [5.74, 6) is -1.70. The number of amides is 1. The minimum Gasteiger partial charge on any atom is -0.480 e. The zero-order valence-corrected chi connectivity index (χ0v) is 14.5. The van der Waals surface area contributed by atoms with E-state index in [1.807, 2.05) is 0 Å². The second-order valence-corrected chi connectivity index (χ2v) is 7.32. The number of likely N-dealkylation sites (tertiary alicyclic amines) is 1. The Bertz CT molecular complexity index is 635. The summed E-state index contributed by atoms with van der Waals surface area (Å²) in [7, 11) is 0. The van der Waals surface area contributed by atoms with Gasteiger partial charge in [-0.2, -0.15) is 0 Å². The molecular formula is C17H21NO5S. The Kier molecular flexibility index (Phi) is 5.66. The second kappa shape index (κ2) is 7.36. The number of β-amino-alcohol motifs (C(OH)–C–C–N with tert-alkyl or cyclic N) is 1. The maximum Gasteiger partial charge on any atom is 0.326 e. The van der Waals surface area contributed by atoms with Crippen molar-refractivity contribution in [1.82, 2.24) is 4.90 Å². The molecule has 1 aliphatic rings. The third-order valence-corrected chi connectivity index (χ3v) is 5.25. The standard InChI is InChI=1S/C17H21NO5S/c1-11(9-24-12(2)19)15(20)18-10-17(23,8-14(18)16(21)22)13-6-4-3-5-7-13/h3-7,11,14,23H,8-10H2,1-2H3,(H,21,22)/t11?,14-,17-/m0/s1. The SMILES string of the molecule is CC(=O)SCC(C)C(=O)N1C[C@](O)(c2ccccc2)C[C@H]1C(=O)O. The Morgan fingerprint density at radius 2 is 1.96 bits per heavy atom. The summed E-state index contributed by atoms with van der Waals surface area (Å²) in [4.78, 5) is 36.5. The van der Waals surface area contributed by atoms with E-state index in [1.54, 1.807) is 37.3 Å². The fourth-order valence-corrected chi connectivity index (χ4v) is 3.52. The van der Waals surface area contributed by atoms with Gasteiger partial charge in [-0.25, -0.2) is 4.79 Å². The summed E-state index contributed by atoms with van der Waals surface area (Å²) in [5, 5.41) is 20.2. The number of carbonyl (C=O) groups excluding carboxylic acids is 2. The van der Waals surface area contributed by atoms with E-state index in [1.165, 1.54) is 11.8 Å². The largest absolute Gasteiger partial charge is 0.480 e. The van der Waals surface area contributed by atoms with Gasteiger partial charge in [0.2, 0.25) is 5.91 Å². The van der Waals surface area contributed by atoms with Gasteiger partial charge in [-0.05, 0) is 5.56 Å². The Morgan fingerprint density at radius 1 is 1.33 bits per heavy atom. The first-order chi connectivity index (χ1) is 11.2. The molecule has 0 bridgehead atoms. The van der Waals surface area contributed by atoms with Crippen molar-refractivity contribution in [2.24, 2.45) is 5.92 Å². The van der Waals surface area contributed by atoms with Crippen molar-refractivity contribution in [2.75, 3.05) is 12.3 Å². The molecule has 1 heterocycles. The van der Waals surface area contributed by atoms with Crippen molar-refractivity contribution >= 4 is 28.8 Å². The van der Waals surface area contributed by atoms with E-state index in [9.17, 15) is 24.6 Å². The van der Waals surface area contributed by atoms with Gasteiger partial charge in [0, 0.05) is 25.0 Å². The number of nitrogens with zero attached hydrogens (tertiary/aromatic N) is 1. The molecule has 0 spiro atoms. The molecule has 2 rings (SSSR count). The Morgan fingerprint density at radius 3 is 2.50 bits per heavy atom. The van der Waals surface area contributed by atoms with Gasteiger partial charge in [0.05, 0.1) is 6.54 Å². The molecule has 130 valence electrons. The number of carboxylic acid groups (broad SMARTS) is 1. The van der Waals surface area contributed by atoms with Crippen molar-refractivity contribution in [1.29, 1.82) is 0 Å². The van der Waals surface area contributed by atoms with Gasteiger partial charge >= 0.3 is 5.97 Å². The summed E-state index contributed by atoms with van der Waals surface area (Å²) in [6, 6.07) is 7.71. The van der Waals surface area contributed by atoms with Crippen LogP contribution in [-0.4, -0.2) is 50.4 Å². The van der Waals surface area contributed by atoms with E-state index < -0.39 is 23.5 Å². The smallest absolute Gasteiger partial charge is 0.326 e. The van der Waals surface area contributed by atoms with Crippen LogP contribution >= 0.6 is 11.8 Å². The molecule has 1 aliphatic heterocycles. The number of aliphatic carboxylic acids is 1. The summed E-state index contributed by atoms with van der Waals surface area (Å²) >= 11 is 1.04. The average molecular weight is 351 g/mol. The first kappa shape index (κ1) is 18.5. The molecule has 0 aliphatic carbocycles. The van der Waals surface area contributed by atoms with Gasteiger partial charge in [0.25, 0.3) is 0 Å². The van der Waals surface area contributed by atoms with E-state index in [2.05, 4.69) is 0 Å². The highest BCUT2D eigenvalue weighted by Crippen LogP contribution is 2.37. The van der Waals surface area contributed by atoms with Gasteiger partial charge in [0.1, 0.15) is 11.6 Å². The zero-order chi connectivity index (χ0) is 17.9. The van der Waals surface area contributed by atoms with Crippen LogP contribution in [0.3, 0.4) is 0 Å². The minimum atomic E-state index is -1.38. The molecule has 7 heteroatoms. The molecule has 1 aromatic carbocycles. The van der Waals surface area contributed by atoms with Crippen LogP contribution in [0.2, 0.25) is 0 Å². The van der Waals surface area contributed by atoms with Gasteiger partial charge < -0.3 is 15.1 Å². The lowest BCUT2D eigenvalue weighted by Gasteiger charge is -2.26. The Hall–Kier alpha value is -1.86. The quantitative estimate of drug-likeness (QED) is 0.834. The number of benzene rings is 1. The van der Waals surface area contributed by atoms with Crippen LogP contribution in [-0.2, 0) is 20.0 Å². The number of thioether (sulfide) groups is 1. The summed E-state index contributed by atoms with van der Waals surface area (Å²) < 4.78 is 0. The van der Waals surface area contributed by atoms with Crippen LogP contribution in [0.4, 0.5) is 0 Å². The lowest BCUT2D eigenvalue weighted by Crippen LogP contribution is -2.44. The highest BCUT2D eigenvalue weighted by molar-refractivity contribution is 8.13. The maximum absolute atomic E-state index is 12.6. The van der Waals surface area contributed by atoms with Crippen molar-refractivity contribution in [3.8, 4) is 0 Å². The van der Waals surface area contributed by atoms with Crippen molar-refractivity contribution < 1.29 is 24.6 Å². The second-order valence-electron chi connectivity index (χ2n) is 6.13. The highest BCUT2D eigenvalue weighted by atomic mass is 32.2. The van der Waals surface area contributed by atoms with E-state index in [0.717, 1.165) is 11.8 Å². The van der Waals surface area contributed by atoms with Crippen LogP contribution in [0.15, 0.2) is 30.3 Å². The van der Waals surface area contributed by atoms with Crippen LogP contribution < -0.4 is 0 Å². The minimum absolute atomic E-state index is 0.0509. The van der Waals surface area contributed by atoms with Gasteiger partial charge in [0.15, 0.2) is 5.12 Å². The molecule has 1 amide bonds. The van der Waals surface area contributed by atoms with Crippen LogP contribution in [0.1, 0.15) is 25.8 Å². The summed E-state index contributed by atoms with van der Waals surface area (Å²) in [6.45, 7) is 3.02. The first-order valence-corrected chi connectivity index (χ1v) is 8.68. The van der Waals surface area contributed by atoms with E-state index in [-0.39, 0.29) is 24.0 Å². The number of rotatable bonds is 5. The predicted molar refractivity (Wildman–Crippen MR) is 90.4 cm³/mol. The molecule has 2 N–H and O–H groups in total. The fourth-order valence-electron chi connectivity index (χ4n) is 2.89. The average Bonchev–Trinajstić information content (AvgIpc) is 2.92. The molecule has 0 radical (unpaired) electrons. The Labute approximate surface area is 144 Å². The number of aliphatic hydroxyl groups is 1. The normalized spacial score (nSPS) is 24.6. The van der Waals surface area contributed by atoms with E-state index in [0.29, 0.717) is 11.3 Å². The molecule has 1 fully saturated rings.